The van der Waals surface area contributed by atoms with E-state index < -0.39 is 17.5 Å². The summed E-state index contributed by atoms with van der Waals surface area (Å²) in [6.45, 7) is 0. The molecule has 0 unspecified atom stereocenters. The highest BCUT2D eigenvalue weighted by molar-refractivity contribution is 5.59. The molecule has 110 valence electrons. The molecule has 0 aliphatic heterocycles. The van der Waals surface area contributed by atoms with Gasteiger partial charge in [0.25, 0.3) is 0 Å². The molecule has 1 aromatic carbocycles. The first-order valence-electron chi connectivity index (χ1n) is 6.55. The Morgan fingerprint density at radius 3 is 2.19 bits per heavy atom. The third-order valence-electron chi connectivity index (χ3n) is 3.20. The second-order valence-corrected chi connectivity index (χ2v) is 4.90. The molecule has 0 bridgehead atoms. The van der Waals surface area contributed by atoms with Crippen molar-refractivity contribution in [1.82, 2.24) is 9.97 Å². The molecule has 7 heteroatoms. The lowest BCUT2D eigenvalue weighted by atomic mass is 10.3. The lowest BCUT2D eigenvalue weighted by molar-refractivity contribution is 0.448. The Morgan fingerprint density at radius 1 is 1.00 bits per heavy atom. The van der Waals surface area contributed by atoms with Crippen LogP contribution in [0.5, 0.6) is 0 Å². The molecule has 1 saturated carbocycles. The van der Waals surface area contributed by atoms with Crippen molar-refractivity contribution in [3.63, 3.8) is 0 Å². The van der Waals surface area contributed by atoms with E-state index in [0.717, 1.165) is 25.0 Å². The number of hydrogen-bond donors (Lipinski definition) is 2. The van der Waals surface area contributed by atoms with Crippen LogP contribution in [0.15, 0.2) is 18.2 Å². The SMILES string of the molecule is CNc1cc(Nc2cc(F)c(F)c(F)c2)nc(C2CC2)n1. The van der Waals surface area contributed by atoms with Gasteiger partial charge in [0.15, 0.2) is 17.5 Å². The Labute approximate surface area is 119 Å². The maximum Gasteiger partial charge on any atom is 0.194 e. The molecule has 1 aromatic heterocycles. The van der Waals surface area contributed by atoms with E-state index in [1.165, 1.54) is 0 Å². The summed E-state index contributed by atoms with van der Waals surface area (Å²) in [4.78, 5) is 8.65. The highest BCUT2D eigenvalue weighted by atomic mass is 19.2. The Balaban J connectivity index is 1.92. The number of nitrogens with one attached hydrogen (secondary N) is 2. The third-order valence-corrected chi connectivity index (χ3v) is 3.20. The van der Waals surface area contributed by atoms with E-state index in [4.69, 9.17) is 0 Å². The number of nitrogens with zero attached hydrogens (tertiary/aromatic N) is 2. The molecule has 0 spiro atoms. The van der Waals surface area contributed by atoms with E-state index in [1.54, 1.807) is 13.1 Å². The van der Waals surface area contributed by atoms with Gasteiger partial charge in [-0.1, -0.05) is 0 Å². The zero-order valence-electron chi connectivity index (χ0n) is 11.3. The van der Waals surface area contributed by atoms with Crippen molar-refractivity contribution < 1.29 is 13.2 Å². The minimum atomic E-state index is -1.49. The highest BCUT2D eigenvalue weighted by Crippen LogP contribution is 2.39. The van der Waals surface area contributed by atoms with Crippen molar-refractivity contribution >= 4 is 17.3 Å². The molecule has 1 heterocycles. The van der Waals surface area contributed by atoms with Gasteiger partial charge in [-0.2, -0.15) is 0 Å². The number of benzene rings is 1. The van der Waals surface area contributed by atoms with E-state index in [1.807, 2.05) is 0 Å². The summed E-state index contributed by atoms with van der Waals surface area (Å²) in [7, 11) is 1.72. The van der Waals surface area contributed by atoms with Crippen LogP contribution < -0.4 is 10.6 Å². The van der Waals surface area contributed by atoms with Crippen LogP contribution >= 0.6 is 0 Å². The molecule has 4 nitrogen and oxygen atoms in total. The molecule has 0 amide bonds. The normalized spacial score (nSPS) is 14.1. The van der Waals surface area contributed by atoms with E-state index in [0.29, 0.717) is 23.4 Å². The van der Waals surface area contributed by atoms with Crippen molar-refractivity contribution in [3.05, 3.63) is 41.5 Å². The quantitative estimate of drug-likeness (QED) is 0.847. The van der Waals surface area contributed by atoms with E-state index in [-0.39, 0.29) is 5.69 Å². The largest absolute Gasteiger partial charge is 0.373 e. The van der Waals surface area contributed by atoms with Crippen molar-refractivity contribution in [1.29, 1.82) is 0 Å². The highest BCUT2D eigenvalue weighted by Gasteiger charge is 2.27. The summed E-state index contributed by atoms with van der Waals surface area (Å²) in [5, 5.41) is 5.68. The first-order valence-corrected chi connectivity index (χ1v) is 6.55. The molecule has 2 aromatic rings. The lowest BCUT2D eigenvalue weighted by Gasteiger charge is -2.10. The molecule has 1 fully saturated rings. The predicted octanol–water partition coefficient (Wildman–Crippen LogP) is 3.56. The number of halogens is 3. The Hall–Kier alpha value is -2.31. The number of rotatable bonds is 4. The molecule has 21 heavy (non-hydrogen) atoms. The molecule has 0 atom stereocenters. The maximum atomic E-state index is 13.2. The topological polar surface area (TPSA) is 49.8 Å². The Bertz CT molecular complexity index is 663. The van der Waals surface area contributed by atoms with Gasteiger partial charge in [-0.3, -0.25) is 0 Å². The number of anilines is 3. The van der Waals surface area contributed by atoms with Crippen LogP contribution in [-0.2, 0) is 0 Å². The Morgan fingerprint density at radius 2 is 1.62 bits per heavy atom. The number of aromatic nitrogens is 2. The predicted molar refractivity (Wildman–Crippen MR) is 73.2 cm³/mol. The first kappa shape index (κ1) is 13.7. The summed E-state index contributed by atoms with van der Waals surface area (Å²) >= 11 is 0. The molecular weight excluding hydrogens is 281 g/mol. The van der Waals surface area contributed by atoms with Gasteiger partial charge in [0.2, 0.25) is 0 Å². The summed E-state index contributed by atoms with van der Waals surface area (Å²) in [5.41, 5.74) is 0.0916. The summed E-state index contributed by atoms with van der Waals surface area (Å²) in [6.07, 6.45) is 2.07. The molecule has 3 rings (SSSR count). The summed E-state index contributed by atoms with van der Waals surface area (Å²) < 4.78 is 39.3. The van der Waals surface area contributed by atoms with E-state index in [2.05, 4.69) is 20.6 Å². The van der Waals surface area contributed by atoms with Crippen LogP contribution in [0.3, 0.4) is 0 Å². The minimum absolute atomic E-state index is 0.0916. The zero-order valence-corrected chi connectivity index (χ0v) is 11.3. The van der Waals surface area contributed by atoms with E-state index >= 15 is 0 Å². The van der Waals surface area contributed by atoms with Gasteiger partial charge >= 0.3 is 0 Å². The Kier molecular flexibility index (Phi) is 3.40. The van der Waals surface area contributed by atoms with Gasteiger partial charge in [0, 0.05) is 36.9 Å². The molecule has 1 aliphatic rings. The standard InChI is InChI=1S/C14H13F3N4/c1-18-11-6-12(21-14(20-11)7-2-3-7)19-8-4-9(15)13(17)10(16)5-8/h4-7H,2-3H2,1H3,(H2,18,19,20,21). The second kappa shape index (κ2) is 5.23. The van der Waals surface area contributed by atoms with Crippen molar-refractivity contribution in [2.75, 3.05) is 17.7 Å². The van der Waals surface area contributed by atoms with Gasteiger partial charge in [-0.15, -0.1) is 0 Å². The van der Waals surface area contributed by atoms with Crippen LogP contribution in [0.4, 0.5) is 30.5 Å². The molecule has 0 radical (unpaired) electrons. The van der Waals surface area contributed by atoms with Gasteiger partial charge in [-0.25, -0.2) is 23.1 Å². The van der Waals surface area contributed by atoms with Crippen LogP contribution in [0, 0.1) is 17.5 Å². The fourth-order valence-electron chi connectivity index (χ4n) is 1.96. The fraction of sp³-hybridized carbons (Fsp3) is 0.286. The van der Waals surface area contributed by atoms with Crippen LogP contribution in [0.1, 0.15) is 24.6 Å². The zero-order chi connectivity index (χ0) is 15.0. The van der Waals surface area contributed by atoms with Crippen molar-refractivity contribution in [3.8, 4) is 0 Å². The number of hydrogen-bond acceptors (Lipinski definition) is 4. The molecular formula is C14H13F3N4. The smallest absolute Gasteiger partial charge is 0.194 e. The second-order valence-electron chi connectivity index (χ2n) is 4.90. The van der Waals surface area contributed by atoms with E-state index in [9.17, 15) is 13.2 Å². The average molecular weight is 294 g/mol. The molecule has 0 saturated heterocycles. The van der Waals surface area contributed by atoms with Crippen molar-refractivity contribution in [2.24, 2.45) is 0 Å². The first-order chi connectivity index (χ1) is 10.1. The van der Waals surface area contributed by atoms with Crippen molar-refractivity contribution in [2.45, 2.75) is 18.8 Å². The van der Waals surface area contributed by atoms with Crippen LogP contribution in [0.25, 0.3) is 0 Å². The third kappa shape index (κ3) is 2.91. The van der Waals surface area contributed by atoms with Gasteiger partial charge in [0.05, 0.1) is 0 Å². The van der Waals surface area contributed by atoms with Gasteiger partial charge < -0.3 is 10.6 Å². The summed E-state index contributed by atoms with van der Waals surface area (Å²) in [6, 6.07) is 3.39. The maximum absolute atomic E-state index is 13.2. The summed E-state index contributed by atoms with van der Waals surface area (Å²) in [5.74, 6) is -1.95. The van der Waals surface area contributed by atoms with Gasteiger partial charge in [0.1, 0.15) is 17.5 Å². The minimum Gasteiger partial charge on any atom is -0.373 e. The van der Waals surface area contributed by atoms with Gasteiger partial charge in [-0.05, 0) is 12.8 Å². The molecule has 1 aliphatic carbocycles. The van der Waals surface area contributed by atoms with Crippen LogP contribution in [0.2, 0.25) is 0 Å². The lowest BCUT2D eigenvalue weighted by Crippen LogP contribution is -2.04. The molecule has 2 N–H and O–H groups in total. The fourth-order valence-corrected chi connectivity index (χ4v) is 1.96. The average Bonchev–Trinajstić information content (AvgIpc) is 3.29. The van der Waals surface area contributed by atoms with Crippen LogP contribution in [-0.4, -0.2) is 17.0 Å². The monoisotopic (exact) mass is 294 g/mol.